The Balaban J connectivity index is 1.46. The van der Waals surface area contributed by atoms with Crippen molar-refractivity contribution in [1.82, 2.24) is 0 Å². The highest BCUT2D eigenvalue weighted by atomic mass is 16.7. The van der Waals surface area contributed by atoms with Crippen LogP contribution >= 0.6 is 0 Å². The van der Waals surface area contributed by atoms with E-state index in [-0.39, 0.29) is 12.6 Å². The largest absolute Gasteiger partial charge is 0.353 e. The first-order valence-corrected chi connectivity index (χ1v) is 7.06. The van der Waals surface area contributed by atoms with Gasteiger partial charge in [-0.25, -0.2) is 0 Å². The molecular weight excluding hydrogens is 232 g/mol. The van der Waals surface area contributed by atoms with Gasteiger partial charge < -0.3 is 18.9 Å². The third kappa shape index (κ3) is 5.48. The fourth-order valence-corrected chi connectivity index (χ4v) is 2.15. The molecule has 2 fully saturated rings. The van der Waals surface area contributed by atoms with Crippen LogP contribution in [0.25, 0.3) is 0 Å². The minimum absolute atomic E-state index is 0.00834. The van der Waals surface area contributed by atoms with Crippen LogP contribution in [0.1, 0.15) is 38.5 Å². The zero-order valence-electron chi connectivity index (χ0n) is 11.0. The smallest absolute Gasteiger partial charge is 0.157 e. The summed E-state index contributed by atoms with van der Waals surface area (Å²) in [5, 5.41) is 0. The van der Waals surface area contributed by atoms with Crippen molar-refractivity contribution in [3.05, 3.63) is 12.2 Å². The van der Waals surface area contributed by atoms with Crippen LogP contribution < -0.4 is 0 Å². The standard InChI is InChI=1S/C14H24O4/c1-3-9-15-13(7-1)17-11-5-6-12-18-14-8-2-4-10-16-14/h5-6,13-14H,1-4,7-12H2/b6-5+. The zero-order chi connectivity index (χ0) is 12.5. The Morgan fingerprint density at radius 1 is 0.778 bits per heavy atom. The molecule has 4 heteroatoms. The second-order valence-corrected chi connectivity index (χ2v) is 4.73. The molecule has 104 valence electrons. The molecule has 0 radical (unpaired) electrons. The highest BCUT2D eigenvalue weighted by Gasteiger charge is 2.13. The molecule has 18 heavy (non-hydrogen) atoms. The average molecular weight is 256 g/mol. The SMILES string of the molecule is C(=C\COC1CCCCO1)/COC1CCCCO1. The summed E-state index contributed by atoms with van der Waals surface area (Å²) in [5.41, 5.74) is 0. The number of hydrogen-bond acceptors (Lipinski definition) is 4. The van der Waals surface area contributed by atoms with Gasteiger partial charge in [0.1, 0.15) is 0 Å². The van der Waals surface area contributed by atoms with E-state index in [4.69, 9.17) is 18.9 Å². The molecule has 0 spiro atoms. The summed E-state index contributed by atoms with van der Waals surface area (Å²) in [6.07, 6.45) is 10.7. The maximum absolute atomic E-state index is 5.58. The maximum atomic E-state index is 5.58. The van der Waals surface area contributed by atoms with Crippen molar-refractivity contribution in [2.75, 3.05) is 26.4 Å². The summed E-state index contributed by atoms with van der Waals surface area (Å²) < 4.78 is 22.1. The van der Waals surface area contributed by atoms with Gasteiger partial charge in [0.2, 0.25) is 0 Å². The van der Waals surface area contributed by atoms with E-state index in [1.165, 1.54) is 12.8 Å². The Bertz CT molecular complexity index is 206. The quantitative estimate of drug-likeness (QED) is 0.685. The minimum Gasteiger partial charge on any atom is -0.353 e. The molecule has 2 rings (SSSR count). The van der Waals surface area contributed by atoms with E-state index in [1.54, 1.807) is 0 Å². The molecule has 2 atom stereocenters. The van der Waals surface area contributed by atoms with Gasteiger partial charge in [-0.15, -0.1) is 0 Å². The van der Waals surface area contributed by atoms with E-state index in [0.29, 0.717) is 13.2 Å². The van der Waals surface area contributed by atoms with E-state index in [0.717, 1.165) is 38.9 Å². The Labute approximate surface area is 109 Å². The predicted octanol–water partition coefficient (Wildman–Crippen LogP) is 2.63. The lowest BCUT2D eigenvalue weighted by molar-refractivity contribution is -0.157. The fourth-order valence-electron chi connectivity index (χ4n) is 2.15. The molecule has 0 aromatic rings. The summed E-state index contributed by atoms with van der Waals surface area (Å²) in [7, 11) is 0. The first-order valence-electron chi connectivity index (χ1n) is 7.06. The molecule has 0 aromatic carbocycles. The summed E-state index contributed by atoms with van der Waals surface area (Å²) in [6, 6.07) is 0. The Kier molecular flexibility index (Phi) is 6.72. The molecule has 2 heterocycles. The Morgan fingerprint density at radius 3 is 1.67 bits per heavy atom. The van der Waals surface area contributed by atoms with Crippen LogP contribution in [-0.4, -0.2) is 39.0 Å². The van der Waals surface area contributed by atoms with Crippen molar-refractivity contribution in [2.45, 2.75) is 51.1 Å². The van der Waals surface area contributed by atoms with Gasteiger partial charge in [0.05, 0.1) is 13.2 Å². The fraction of sp³-hybridized carbons (Fsp3) is 0.857. The van der Waals surface area contributed by atoms with Gasteiger partial charge >= 0.3 is 0 Å². The number of ether oxygens (including phenoxy) is 4. The first kappa shape index (κ1) is 14.0. The normalized spacial score (nSPS) is 29.8. The number of rotatable bonds is 6. The molecule has 0 saturated carbocycles. The van der Waals surface area contributed by atoms with Crippen molar-refractivity contribution in [1.29, 1.82) is 0 Å². The molecule has 2 saturated heterocycles. The summed E-state index contributed by atoms with van der Waals surface area (Å²) in [6.45, 7) is 2.85. The lowest BCUT2D eigenvalue weighted by Crippen LogP contribution is -2.22. The molecule has 2 aliphatic heterocycles. The summed E-state index contributed by atoms with van der Waals surface area (Å²) >= 11 is 0. The van der Waals surface area contributed by atoms with Gasteiger partial charge in [-0.05, 0) is 38.5 Å². The molecule has 0 aliphatic carbocycles. The molecule has 0 bridgehead atoms. The number of hydrogen-bond donors (Lipinski definition) is 0. The van der Waals surface area contributed by atoms with E-state index in [1.807, 2.05) is 12.2 Å². The maximum Gasteiger partial charge on any atom is 0.157 e. The summed E-state index contributed by atoms with van der Waals surface area (Å²) in [5.74, 6) is 0. The van der Waals surface area contributed by atoms with Crippen molar-refractivity contribution < 1.29 is 18.9 Å². The van der Waals surface area contributed by atoms with Gasteiger partial charge in [-0.3, -0.25) is 0 Å². The third-order valence-electron chi connectivity index (χ3n) is 3.20. The van der Waals surface area contributed by atoms with Crippen LogP contribution in [0, 0.1) is 0 Å². The molecule has 0 amide bonds. The van der Waals surface area contributed by atoms with Gasteiger partial charge in [0.25, 0.3) is 0 Å². The molecule has 4 nitrogen and oxygen atoms in total. The summed E-state index contributed by atoms with van der Waals surface area (Å²) in [4.78, 5) is 0. The van der Waals surface area contributed by atoms with Crippen LogP contribution in [0.15, 0.2) is 12.2 Å². The molecule has 2 aliphatic rings. The van der Waals surface area contributed by atoms with Gasteiger partial charge in [0, 0.05) is 13.2 Å². The topological polar surface area (TPSA) is 36.9 Å². The van der Waals surface area contributed by atoms with Crippen LogP contribution in [0.2, 0.25) is 0 Å². The Morgan fingerprint density at radius 2 is 1.28 bits per heavy atom. The van der Waals surface area contributed by atoms with Gasteiger partial charge in [-0.1, -0.05) is 12.2 Å². The van der Waals surface area contributed by atoms with E-state index in [9.17, 15) is 0 Å². The predicted molar refractivity (Wildman–Crippen MR) is 68.2 cm³/mol. The zero-order valence-corrected chi connectivity index (χ0v) is 11.0. The van der Waals surface area contributed by atoms with Crippen LogP contribution in [0.3, 0.4) is 0 Å². The van der Waals surface area contributed by atoms with Crippen LogP contribution in [0.4, 0.5) is 0 Å². The van der Waals surface area contributed by atoms with Crippen molar-refractivity contribution in [3.8, 4) is 0 Å². The monoisotopic (exact) mass is 256 g/mol. The Hall–Kier alpha value is -0.420. The van der Waals surface area contributed by atoms with E-state index >= 15 is 0 Å². The third-order valence-corrected chi connectivity index (χ3v) is 3.20. The van der Waals surface area contributed by atoms with Crippen molar-refractivity contribution >= 4 is 0 Å². The first-order chi connectivity index (χ1) is 8.95. The molecular formula is C14H24O4. The van der Waals surface area contributed by atoms with E-state index < -0.39 is 0 Å². The van der Waals surface area contributed by atoms with Crippen molar-refractivity contribution in [3.63, 3.8) is 0 Å². The molecule has 0 aromatic heterocycles. The highest BCUT2D eigenvalue weighted by Crippen LogP contribution is 2.14. The van der Waals surface area contributed by atoms with E-state index in [2.05, 4.69) is 0 Å². The minimum atomic E-state index is -0.00834. The lowest BCUT2D eigenvalue weighted by atomic mass is 10.2. The van der Waals surface area contributed by atoms with Gasteiger partial charge in [0.15, 0.2) is 12.6 Å². The molecule has 0 N–H and O–H groups in total. The molecule has 2 unspecified atom stereocenters. The van der Waals surface area contributed by atoms with Crippen LogP contribution in [-0.2, 0) is 18.9 Å². The lowest BCUT2D eigenvalue weighted by Gasteiger charge is -2.22. The van der Waals surface area contributed by atoms with Crippen molar-refractivity contribution in [2.24, 2.45) is 0 Å². The second-order valence-electron chi connectivity index (χ2n) is 4.73. The highest BCUT2D eigenvalue weighted by molar-refractivity contribution is 4.81. The average Bonchev–Trinajstić information content (AvgIpc) is 2.45. The van der Waals surface area contributed by atoms with Gasteiger partial charge in [-0.2, -0.15) is 0 Å². The van der Waals surface area contributed by atoms with Crippen LogP contribution in [0.5, 0.6) is 0 Å². The second kappa shape index (κ2) is 8.64.